The molecule has 1 atom stereocenters. The van der Waals surface area contributed by atoms with E-state index in [0.29, 0.717) is 36.7 Å². The Morgan fingerprint density at radius 2 is 2.19 bits per heavy atom. The van der Waals surface area contributed by atoms with Crippen molar-refractivity contribution in [3.63, 3.8) is 0 Å². The van der Waals surface area contributed by atoms with Gasteiger partial charge in [0.2, 0.25) is 5.09 Å². The summed E-state index contributed by atoms with van der Waals surface area (Å²) >= 11 is 0. The highest BCUT2D eigenvalue weighted by molar-refractivity contribution is 7.89. The first-order chi connectivity index (χ1) is 12.5. The van der Waals surface area contributed by atoms with Gasteiger partial charge in [-0.15, -0.1) is 0 Å². The number of furan rings is 1. The molecule has 4 heterocycles. The summed E-state index contributed by atoms with van der Waals surface area (Å²) in [5.74, 6) is 0.413. The summed E-state index contributed by atoms with van der Waals surface area (Å²) in [5.41, 5.74) is 1.94. The van der Waals surface area contributed by atoms with Crippen molar-refractivity contribution in [3.05, 3.63) is 41.9 Å². The smallest absolute Gasteiger partial charge is 0.276 e. The SMILES string of the molecule is CC[C@H](O)c1cc2n(n1)CCN(S(=O)(=O)c1ccc(-c3ccn[nH]3)o1)C2. The van der Waals surface area contributed by atoms with E-state index in [-0.39, 0.29) is 11.6 Å². The minimum absolute atomic E-state index is 0.108. The summed E-state index contributed by atoms with van der Waals surface area (Å²) in [4.78, 5) is 0. The van der Waals surface area contributed by atoms with Crippen molar-refractivity contribution in [1.82, 2.24) is 24.3 Å². The molecule has 0 saturated carbocycles. The second-order valence-electron chi connectivity index (χ2n) is 6.14. The van der Waals surface area contributed by atoms with Crippen LogP contribution in [0.25, 0.3) is 11.5 Å². The molecule has 9 nitrogen and oxygen atoms in total. The second kappa shape index (κ2) is 6.38. The van der Waals surface area contributed by atoms with Gasteiger partial charge in [0.15, 0.2) is 5.76 Å². The number of nitrogens with one attached hydrogen (secondary N) is 1. The molecule has 4 rings (SSSR count). The number of aromatic amines is 1. The van der Waals surface area contributed by atoms with Gasteiger partial charge in [-0.25, -0.2) is 8.42 Å². The van der Waals surface area contributed by atoms with Crippen LogP contribution in [0.15, 0.2) is 40.0 Å². The quantitative estimate of drug-likeness (QED) is 0.696. The molecule has 0 aliphatic carbocycles. The van der Waals surface area contributed by atoms with Crippen molar-refractivity contribution >= 4 is 10.0 Å². The van der Waals surface area contributed by atoms with Gasteiger partial charge in [0, 0.05) is 12.7 Å². The Kier molecular flexibility index (Phi) is 4.17. The van der Waals surface area contributed by atoms with Crippen LogP contribution in [0.5, 0.6) is 0 Å². The van der Waals surface area contributed by atoms with E-state index in [2.05, 4.69) is 15.3 Å². The molecule has 0 spiro atoms. The molecule has 2 N–H and O–H groups in total. The maximum absolute atomic E-state index is 12.9. The fourth-order valence-corrected chi connectivity index (χ4v) is 4.28. The molecule has 3 aromatic heterocycles. The van der Waals surface area contributed by atoms with Gasteiger partial charge in [-0.1, -0.05) is 6.92 Å². The van der Waals surface area contributed by atoms with E-state index in [9.17, 15) is 13.5 Å². The van der Waals surface area contributed by atoms with Gasteiger partial charge in [-0.05, 0) is 30.7 Å². The van der Waals surface area contributed by atoms with E-state index in [4.69, 9.17) is 4.42 Å². The van der Waals surface area contributed by atoms with Gasteiger partial charge in [0.25, 0.3) is 10.0 Å². The molecule has 0 aromatic carbocycles. The number of nitrogens with zero attached hydrogens (tertiary/aromatic N) is 4. The van der Waals surface area contributed by atoms with Crippen molar-refractivity contribution in [3.8, 4) is 11.5 Å². The highest BCUT2D eigenvalue weighted by atomic mass is 32.2. The lowest BCUT2D eigenvalue weighted by Gasteiger charge is -2.25. The number of aliphatic hydroxyl groups is 1. The average molecular weight is 377 g/mol. The Morgan fingerprint density at radius 1 is 1.35 bits per heavy atom. The number of sulfonamides is 1. The monoisotopic (exact) mass is 377 g/mol. The maximum atomic E-state index is 12.9. The minimum atomic E-state index is -3.76. The fourth-order valence-electron chi connectivity index (χ4n) is 2.97. The van der Waals surface area contributed by atoms with E-state index in [0.717, 1.165) is 5.69 Å². The van der Waals surface area contributed by atoms with E-state index in [1.807, 2.05) is 6.92 Å². The van der Waals surface area contributed by atoms with Crippen LogP contribution in [0.4, 0.5) is 0 Å². The summed E-state index contributed by atoms with van der Waals surface area (Å²) in [5, 5.41) is 20.8. The van der Waals surface area contributed by atoms with Crippen molar-refractivity contribution in [2.24, 2.45) is 0 Å². The lowest BCUT2D eigenvalue weighted by Crippen LogP contribution is -2.38. The first-order valence-electron chi connectivity index (χ1n) is 8.33. The van der Waals surface area contributed by atoms with Crippen LogP contribution >= 0.6 is 0 Å². The predicted octanol–water partition coefficient (Wildman–Crippen LogP) is 1.51. The van der Waals surface area contributed by atoms with Crippen molar-refractivity contribution in [2.75, 3.05) is 6.54 Å². The van der Waals surface area contributed by atoms with Crippen molar-refractivity contribution in [2.45, 2.75) is 37.6 Å². The molecule has 10 heteroatoms. The van der Waals surface area contributed by atoms with Crippen LogP contribution in [0.3, 0.4) is 0 Å². The summed E-state index contributed by atoms with van der Waals surface area (Å²) in [7, 11) is -3.76. The van der Waals surface area contributed by atoms with Crippen LogP contribution < -0.4 is 0 Å². The fraction of sp³-hybridized carbons (Fsp3) is 0.375. The van der Waals surface area contributed by atoms with Gasteiger partial charge < -0.3 is 9.52 Å². The maximum Gasteiger partial charge on any atom is 0.276 e. The molecule has 0 radical (unpaired) electrons. The van der Waals surface area contributed by atoms with Crippen LogP contribution in [0, 0.1) is 0 Å². The van der Waals surface area contributed by atoms with E-state index >= 15 is 0 Å². The predicted molar refractivity (Wildman–Crippen MR) is 91.4 cm³/mol. The van der Waals surface area contributed by atoms with Crippen LogP contribution in [-0.2, 0) is 23.1 Å². The molecular weight excluding hydrogens is 358 g/mol. The standard InChI is InChI=1S/C16H19N5O4S/c1-2-14(22)13-9-11-10-20(7-8-21(11)19-13)26(23,24)16-4-3-15(25-16)12-5-6-17-18-12/h3-6,9,14,22H,2,7-8,10H2,1H3,(H,17,18)/t14-/m0/s1. The van der Waals surface area contributed by atoms with Gasteiger partial charge in [-0.2, -0.15) is 14.5 Å². The summed E-state index contributed by atoms with van der Waals surface area (Å²) in [6.45, 7) is 2.78. The normalized spacial score (nSPS) is 16.5. The number of H-pyrrole nitrogens is 1. The van der Waals surface area contributed by atoms with E-state index in [1.54, 1.807) is 29.1 Å². The summed E-state index contributed by atoms with van der Waals surface area (Å²) in [6, 6.07) is 6.51. The van der Waals surface area contributed by atoms with E-state index < -0.39 is 16.1 Å². The molecule has 26 heavy (non-hydrogen) atoms. The Hall–Kier alpha value is -2.43. The number of fused-ring (bicyclic) bond motifs is 1. The molecule has 0 bridgehead atoms. The highest BCUT2D eigenvalue weighted by Gasteiger charge is 2.32. The molecule has 1 aliphatic heterocycles. The molecule has 138 valence electrons. The Labute approximate surface area is 150 Å². The third-order valence-corrected chi connectivity index (χ3v) is 6.17. The molecule has 0 unspecified atom stereocenters. The zero-order valence-electron chi connectivity index (χ0n) is 14.2. The third-order valence-electron chi connectivity index (χ3n) is 4.45. The summed E-state index contributed by atoms with van der Waals surface area (Å²) < 4.78 is 34.5. The van der Waals surface area contributed by atoms with Gasteiger partial charge in [-0.3, -0.25) is 9.78 Å². The Bertz CT molecular complexity index is 1010. The highest BCUT2D eigenvalue weighted by Crippen LogP contribution is 2.28. The summed E-state index contributed by atoms with van der Waals surface area (Å²) in [6.07, 6.45) is 1.49. The Morgan fingerprint density at radius 3 is 2.92 bits per heavy atom. The van der Waals surface area contributed by atoms with Gasteiger partial charge in [0.05, 0.1) is 30.6 Å². The molecular formula is C16H19N5O4S. The number of aliphatic hydroxyl groups excluding tert-OH is 1. The molecule has 1 aliphatic rings. The lowest BCUT2D eigenvalue weighted by atomic mass is 10.2. The molecule has 0 amide bonds. The number of rotatable bonds is 5. The molecule has 0 saturated heterocycles. The van der Waals surface area contributed by atoms with Crippen molar-refractivity contribution in [1.29, 1.82) is 0 Å². The minimum Gasteiger partial charge on any atom is -0.442 e. The Balaban J connectivity index is 1.58. The van der Waals surface area contributed by atoms with Crippen LogP contribution in [-0.4, -0.2) is 44.4 Å². The van der Waals surface area contributed by atoms with Gasteiger partial charge in [0.1, 0.15) is 5.69 Å². The average Bonchev–Trinajstić information content (AvgIpc) is 3.39. The lowest BCUT2D eigenvalue weighted by molar-refractivity contribution is 0.167. The zero-order valence-corrected chi connectivity index (χ0v) is 15.0. The molecule has 3 aromatic rings. The first-order valence-corrected chi connectivity index (χ1v) is 9.77. The number of hydrogen-bond donors (Lipinski definition) is 2. The van der Waals surface area contributed by atoms with E-state index in [1.165, 1.54) is 10.4 Å². The van der Waals surface area contributed by atoms with Crippen molar-refractivity contribution < 1.29 is 17.9 Å². The topological polar surface area (TPSA) is 117 Å². The zero-order chi connectivity index (χ0) is 18.3. The number of aromatic nitrogens is 4. The largest absolute Gasteiger partial charge is 0.442 e. The van der Waals surface area contributed by atoms with Crippen LogP contribution in [0.2, 0.25) is 0 Å². The first kappa shape index (κ1) is 17.0. The second-order valence-corrected chi connectivity index (χ2v) is 8.00. The number of hydrogen-bond acceptors (Lipinski definition) is 6. The third kappa shape index (κ3) is 2.85. The van der Waals surface area contributed by atoms with Gasteiger partial charge >= 0.3 is 0 Å². The molecule has 0 fully saturated rings. The van der Waals surface area contributed by atoms with Crippen LogP contribution in [0.1, 0.15) is 30.8 Å².